The van der Waals surface area contributed by atoms with Crippen molar-refractivity contribution in [3.63, 3.8) is 0 Å². The van der Waals surface area contributed by atoms with E-state index in [0.29, 0.717) is 12.2 Å². The minimum absolute atomic E-state index is 0.180. The number of rotatable bonds is 5. The van der Waals surface area contributed by atoms with Gasteiger partial charge in [0.15, 0.2) is 11.6 Å². The van der Waals surface area contributed by atoms with Crippen LogP contribution in [0.5, 0.6) is 0 Å². The second-order valence-corrected chi connectivity index (χ2v) is 6.05. The third-order valence-electron chi connectivity index (χ3n) is 2.86. The van der Waals surface area contributed by atoms with Crippen LogP contribution in [0.3, 0.4) is 0 Å². The number of sulfonamides is 1. The minimum Gasteiger partial charge on any atom is -0.399 e. The Hall–Kier alpha value is -2.00. The first-order valence-corrected chi connectivity index (χ1v) is 7.59. The van der Waals surface area contributed by atoms with Crippen molar-refractivity contribution < 1.29 is 17.2 Å². The largest absolute Gasteiger partial charge is 0.399 e. The highest BCUT2D eigenvalue weighted by Gasteiger charge is 2.26. The van der Waals surface area contributed by atoms with Crippen LogP contribution in [0.4, 0.5) is 14.5 Å². The molecule has 0 aliphatic heterocycles. The molecule has 1 heterocycles. The number of benzene rings is 1. The Morgan fingerprint density at radius 1 is 1.43 bits per heavy atom. The van der Waals surface area contributed by atoms with E-state index in [1.807, 2.05) is 0 Å². The number of anilines is 1. The molecule has 4 N–H and O–H groups in total. The van der Waals surface area contributed by atoms with Crippen molar-refractivity contribution in [3.05, 3.63) is 42.0 Å². The van der Waals surface area contributed by atoms with Crippen LogP contribution < -0.4 is 10.5 Å². The molecule has 9 heteroatoms. The number of hydrogen-bond acceptors (Lipinski definition) is 4. The van der Waals surface area contributed by atoms with Crippen LogP contribution in [0.25, 0.3) is 0 Å². The Morgan fingerprint density at radius 2 is 2.14 bits per heavy atom. The highest BCUT2D eigenvalue weighted by molar-refractivity contribution is 7.89. The molecular formula is C12H14F2N4O2S. The van der Waals surface area contributed by atoms with E-state index in [2.05, 4.69) is 14.7 Å². The lowest BCUT2D eigenvalue weighted by molar-refractivity contribution is 0.480. The average molecular weight is 316 g/mol. The summed E-state index contributed by atoms with van der Waals surface area (Å²) in [6, 6.07) is 0.905. The molecule has 0 bridgehead atoms. The maximum atomic E-state index is 13.7. The van der Waals surface area contributed by atoms with Crippen LogP contribution in [0.1, 0.15) is 25.2 Å². The first kappa shape index (κ1) is 15.4. The maximum Gasteiger partial charge on any atom is 0.244 e. The third kappa shape index (κ3) is 3.19. The zero-order chi connectivity index (χ0) is 15.6. The van der Waals surface area contributed by atoms with Gasteiger partial charge in [0.05, 0.1) is 6.04 Å². The molecule has 0 amide bonds. The molecule has 0 aliphatic carbocycles. The van der Waals surface area contributed by atoms with Crippen molar-refractivity contribution in [2.75, 3.05) is 5.73 Å². The number of halogens is 2. The van der Waals surface area contributed by atoms with Crippen molar-refractivity contribution in [2.24, 2.45) is 0 Å². The first-order valence-electron chi connectivity index (χ1n) is 6.11. The van der Waals surface area contributed by atoms with E-state index < -0.39 is 32.6 Å². The van der Waals surface area contributed by atoms with E-state index in [1.54, 1.807) is 6.92 Å². The molecule has 2 rings (SSSR count). The van der Waals surface area contributed by atoms with Crippen LogP contribution in [0.2, 0.25) is 0 Å². The first-order chi connectivity index (χ1) is 9.85. The van der Waals surface area contributed by atoms with Crippen molar-refractivity contribution in [3.8, 4) is 0 Å². The summed E-state index contributed by atoms with van der Waals surface area (Å²) in [6.45, 7) is 1.73. The molecule has 0 aliphatic rings. The molecule has 1 atom stereocenters. The molecule has 0 radical (unpaired) electrons. The fourth-order valence-electron chi connectivity index (χ4n) is 1.83. The molecule has 0 saturated carbocycles. The van der Waals surface area contributed by atoms with Gasteiger partial charge in [-0.05, 0) is 18.6 Å². The number of hydrogen-bond donors (Lipinski definition) is 3. The lowest BCUT2D eigenvalue weighted by atomic mass is 10.2. The Morgan fingerprint density at radius 3 is 2.71 bits per heavy atom. The van der Waals surface area contributed by atoms with E-state index in [0.717, 1.165) is 12.1 Å². The molecule has 114 valence electrons. The molecule has 1 aromatic carbocycles. The molecule has 6 nitrogen and oxygen atoms in total. The second-order valence-electron chi connectivity index (χ2n) is 4.37. The molecule has 2 aromatic rings. The smallest absolute Gasteiger partial charge is 0.244 e. The molecule has 21 heavy (non-hydrogen) atoms. The van der Waals surface area contributed by atoms with Gasteiger partial charge in [-0.3, -0.25) is 0 Å². The zero-order valence-electron chi connectivity index (χ0n) is 11.1. The zero-order valence-corrected chi connectivity index (χ0v) is 11.9. The molecular weight excluding hydrogens is 302 g/mol. The molecule has 0 spiro atoms. The minimum atomic E-state index is -4.28. The second kappa shape index (κ2) is 5.78. The van der Waals surface area contributed by atoms with Crippen LogP contribution >= 0.6 is 0 Å². The van der Waals surface area contributed by atoms with Gasteiger partial charge in [0.25, 0.3) is 0 Å². The Bertz CT molecular complexity index is 732. The van der Waals surface area contributed by atoms with Crippen LogP contribution in [-0.4, -0.2) is 18.4 Å². The number of nitrogens with two attached hydrogens (primary N) is 1. The topological polar surface area (TPSA) is 101 Å². The predicted molar refractivity (Wildman–Crippen MR) is 72.7 cm³/mol. The van der Waals surface area contributed by atoms with Gasteiger partial charge in [-0.25, -0.2) is 26.9 Å². The summed E-state index contributed by atoms with van der Waals surface area (Å²) in [7, 11) is -4.28. The van der Waals surface area contributed by atoms with E-state index in [-0.39, 0.29) is 5.69 Å². The number of nitrogen functional groups attached to an aromatic ring is 1. The van der Waals surface area contributed by atoms with E-state index in [4.69, 9.17) is 5.73 Å². The van der Waals surface area contributed by atoms with E-state index >= 15 is 0 Å². The van der Waals surface area contributed by atoms with Crippen LogP contribution in [0.15, 0.2) is 29.4 Å². The Labute approximate surface area is 120 Å². The lowest BCUT2D eigenvalue weighted by Gasteiger charge is -2.15. The number of aromatic amines is 1. The van der Waals surface area contributed by atoms with Crippen molar-refractivity contribution in [2.45, 2.75) is 24.3 Å². The van der Waals surface area contributed by atoms with Crippen LogP contribution in [0, 0.1) is 11.6 Å². The standard InChI is InChI=1S/C12H14F2N4O2S/c1-2-9(12-16-3-4-17-12)18-21(19,20)10-6-7(15)5-8(13)11(10)14/h3-6,9,18H,2,15H2,1H3,(H,16,17). The van der Waals surface area contributed by atoms with Gasteiger partial charge < -0.3 is 10.7 Å². The van der Waals surface area contributed by atoms with Gasteiger partial charge in [-0.15, -0.1) is 0 Å². The van der Waals surface area contributed by atoms with E-state index in [9.17, 15) is 17.2 Å². The van der Waals surface area contributed by atoms with Gasteiger partial charge in [-0.2, -0.15) is 0 Å². The van der Waals surface area contributed by atoms with Crippen molar-refractivity contribution in [1.29, 1.82) is 0 Å². The summed E-state index contributed by atoms with van der Waals surface area (Å²) in [5, 5.41) is 0. The normalized spacial score (nSPS) is 13.3. The molecule has 1 aromatic heterocycles. The lowest BCUT2D eigenvalue weighted by Crippen LogP contribution is -2.30. The average Bonchev–Trinajstić information content (AvgIpc) is 2.94. The summed E-state index contributed by atoms with van der Waals surface area (Å²) in [5.41, 5.74) is 5.19. The van der Waals surface area contributed by atoms with Crippen LogP contribution in [-0.2, 0) is 10.0 Å². The van der Waals surface area contributed by atoms with Gasteiger partial charge in [0.2, 0.25) is 10.0 Å². The van der Waals surface area contributed by atoms with Crippen molar-refractivity contribution >= 4 is 15.7 Å². The summed E-state index contributed by atoms with van der Waals surface area (Å²) in [6.07, 6.45) is 3.37. The molecule has 1 unspecified atom stereocenters. The van der Waals surface area contributed by atoms with Gasteiger partial charge in [0.1, 0.15) is 10.7 Å². The Kier molecular flexibility index (Phi) is 4.24. The summed E-state index contributed by atoms with van der Waals surface area (Å²) in [4.78, 5) is 5.89. The fraction of sp³-hybridized carbons (Fsp3) is 0.250. The summed E-state index contributed by atoms with van der Waals surface area (Å²) >= 11 is 0. The third-order valence-corrected chi connectivity index (χ3v) is 4.33. The quantitative estimate of drug-likeness (QED) is 0.731. The van der Waals surface area contributed by atoms with E-state index in [1.165, 1.54) is 12.4 Å². The fourth-order valence-corrected chi connectivity index (χ4v) is 3.24. The molecule has 0 fully saturated rings. The summed E-state index contributed by atoms with van der Waals surface area (Å²) in [5.74, 6) is -2.40. The number of nitrogens with one attached hydrogen (secondary N) is 2. The number of H-pyrrole nitrogens is 1. The highest BCUT2D eigenvalue weighted by Crippen LogP contribution is 2.23. The van der Waals surface area contributed by atoms with Gasteiger partial charge in [0, 0.05) is 18.1 Å². The van der Waals surface area contributed by atoms with Crippen molar-refractivity contribution in [1.82, 2.24) is 14.7 Å². The predicted octanol–water partition coefficient (Wildman–Crippen LogP) is 1.70. The SMILES string of the molecule is CCC(NS(=O)(=O)c1cc(N)cc(F)c1F)c1ncc[nH]1. The number of imidazole rings is 1. The number of aromatic nitrogens is 2. The van der Waals surface area contributed by atoms with Gasteiger partial charge in [-0.1, -0.05) is 6.92 Å². The number of nitrogens with zero attached hydrogens (tertiary/aromatic N) is 1. The molecule has 0 saturated heterocycles. The maximum absolute atomic E-state index is 13.7. The van der Waals surface area contributed by atoms with Gasteiger partial charge >= 0.3 is 0 Å². The Balaban J connectivity index is 2.39. The highest BCUT2D eigenvalue weighted by atomic mass is 32.2. The summed E-state index contributed by atoms with van der Waals surface area (Å²) < 4.78 is 53.7. The monoisotopic (exact) mass is 316 g/mol.